The molecule has 0 aromatic heterocycles. The van der Waals surface area contributed by atoms with Crippen LogP contribution in [0.4, 0.5) is 0 Å². The lowest BCUT2D eigenvalue weighted by Crippen LogP contribution is -2.51. The average Bonchev–Trinajstić information content (AvgIpc) is 3.01. The molecule has 5 atom stereocenters. The summed E-state index contributed by atoms with van der Waals surface area (Å²) in [6.45, 7) is 5.12. The zero-order valence-electron chi connectivity index (χ0n) is 12.2. The molecule has 5 unspecified atom stereocenters. The molecule has 2 heteroatoms. The quantitative estimate of drug-likeness (QED) is 0.825. The molecule has 3 fully saturated rings. The molecule has 2 saturated carbocycles. The number of hydrogen-bond donors (Lipinski definition) is 1. The van der Waals surface area contributed by atoms with E-state index in [-0.39, 0.29) is 0 Å². The molecular weight excluding hydrogens is 220 g/mol. The van der Waals surface area contributed by atoms with Crippen LogP contribution >= 0.6 is 0 Å². The Balaban J connectivity index is 1.59. The Morgan fingerprint density at radius 1 is 1.17 bits per heavy atom. The average molecular weight is 250 g/mol. The second-order valence-electron chi connectivity index (χ2n) is 7.07. The van der Waals surface area contributed by atoms with E-state index in [1.54, 1.807) is 12.8 Å². The predicted octanol–water partition coefficient (Wildman–Crippen LogP) is 2.89. The fraction of sp³-hybridized carbons (Fsp3) is 1.00. The Labute approximate surface area is 113 Å². The predicted molar refractivity (Wildman–Crippen MR) is 76.7 cm³/mol. The highest BCUT2D eigenvalue weighted by atomic mass is 15.2. The van der Waals surface area contributed by atoms with E-state index in [1.807, 2.05) is 0 Å². The molecule has 2 nitrogen and oxygen atoms in total. The number of rotatable bonds is 4. The maximum Gasteiger partial charge on any atom is 0.0246 e. The summed E-state index contributed by atoms with van der Waals surface area (Å²) in [5.41, 5.74) is 0. The van der Waals surface area contributed by atoms with E-state index in [0.717, 1.165) is 23.8 Å². The van der Waals surface area contributed by atoms with Gasteiger partial charge >= 0.3 is 0 Å². The molecular formula is C16H30N2. The van der Waals surface area contributed by atoms with Crippen molar-refractivity contribution in [2.45, 2.75) is 64.0 Å². The van der Waals surface area contributed by atoms with Gasteiger partial charge in [-0.25, -0.2) is 0 Å². The highest BCUT2D eigenvalue weighted by molar-refractivity contribution is 4.93. The Kier molecular flexibility index (Phi) is 3.95. The van der Waals surface area contributed by atoms with Crippen LogP contribution in [0.15, 0.2) is 0 Å². The number of likely N-dealkylation sites (tertiary alicyclic amines) is 1. The van der Waals surface area contributed by atoms with Crippen molar-refractivity contribution in [1.82, 2.24) is 10.2 Å². The number of hydrogen-bond acceptors (Lipinski definition) is 2. The summed E-state index contributed by atoms with van der Waals surface area (Å²) in [5, 5.41) is 3.48. The molecule has 2 aliphatic carbocycles. The summed E-state index contributed by atoms with van der Waals surface area (Å²) >= 11 is 0. The monoisotopic (exact) mass is 250 g/mol. The summed E-state index contributed by atoms with van der Waals surface area (Å²) < 4.78 is 0. The minimum atomic E-state index is 0.656. The Bertz CT molecular complexity index is 278. The summed E-state index contributed by atoms with van der Waals surface area (Å²) in [7, 11) is 2.12. The van der Waals surface area contributed by atoms with Crippen LogP contribution in [-0.2, 0) is 0 Å². The van der Waals surface area contributed by atoms with Crippen molar-refractivity contribution in [3.63, 3.8) is 0 Å². The molecule has 0 radical (unpaired) electrons. The maximum atomic E-state index is 3.48. The first kappa shape index (κ1) is 12.9. The van der Waals surface area contributed by atoms with E-state index in [1.165, 1.54) is 45.2 Å². The van der Waals surface area contributed by atoms with Crippen LogP contribution in [0.2, 0.25) is 0 Å². The molecule has 0 aromatic carbocycles. The van der Waals surface area contributed by atoms with Crippen LogP contribution in [0, 0.1) is 17.8 Å². The third kappa shape index (κ3) is 2.46. The Hall–Kier alpha value is -0.0800. The van der Waals surface area contributed by atoms with Crippen molar-refractivity contribution < 1.29 is 0 Å². The van der Waals surface area contributed by atoms with E-state index in [4.69, 9.17) is 0 Å². The number of nitrogens with zero attached hydrogens (tertiary/aromatic N) is 1. The zero-order valence-corrected chi connectivity index (χ0v) is 12.2. The topological polar surface area (TPSA) is 15.3 Å². The Morgan fingerprint density at radius 2 is 2.06 bits per heavy atom. The molecule has 1 N–H and O–H groups in total. The number of fused-ring (bicyclic) bond motifs is 2. The third-order valence-corrected chi connectivity index (χ3v) is 6.05. The van der Waals surface area contributed by atoms with Gasteiger partial charge in [-0.05, 0) is 70.4 Å². The Morgan fingerprint density at radius 3 is 2.72 bits per heavy atom. The minimum Gasteiger partial charge on any atom is -0.316 e. The van der Waals surface area contributed by atoms with Crippen LogP contribution in [0.5, 0.6) is 0 Å². The molecule has 3 aliphatic rings. The number of nitrogens with one attached hydrogen (secondary N) is 1. The maximum absolute atomic E-state index is 3.48. The van der Waals surface area contributed by atoms with Crippen molar-refractivity contribution in [3.05, 3.63) is 0 Å². The molecule has 1 aliphatic heterocycles. The van der Waals surface area contributed by atoms with Gasteiger partial charge in [0.1, 0.15) is 0 Å². The van der Waals surface area contributed by atoms with Crippen molar-refractivity contribution in [3.8, 4) is 0 Å². The summed E-state index contributed by atoms with van der Waals surface area (Å²) in [6.07, 6.45) is 10.4. The van der Waals surface area contributed by atoms with E-state index < -0.39 is 0 Å². The minimum absolute atomic E-state index is 0.656. The van der Waals surface area contributed by atoms with Crippen LogP contribution in [0.1, 0.15) is 51.9 Å². The molecule has 1 saturated heterocycles. The van der Waals surface area contributed by atoms with Gasteiger partial charge in [0.05, 0.1) is 0 Å². The lowest BCUT2D eigenvalue weighted by atomic mass is 9.86. The molecule has 2 bridgehead atoms. The third-order valence-electron chi connectivity index (χ3n) is 6.05. The molecule has 0 amide bonds. The highest BCUT2D eigenvalue weighted by Crippen LogP contribution is 2.48. The van der Waals surface area contributed by atoms with Crippen LogP contribution in [0.25, 0.3) is 0 Å². The summed E-state index contributed by atoms with van der Waals surface area (Å²) in [6, 6.07) is 1.45. The summed E-state index contributed by atoms with van der Waals surface area (Å²) in [5.74, 6) is 3.22. The van der Waals surface area contributed by atoms with Gasteiger partial charge in [0, 0.05) is 18.6 Å². The van der Waals surface area contributed by atoms with Crippen LogP contribution in [-0.4, -0.2) is 37.1 Å². The SMILES string of the molecule is CNC(C)C1CCCCN1CC1CC2CCC1C2. The van der Waals surface area contributed by atoms with Gasteiger partial charge in [0.2, 0.25) is 0 Å². The van der Waals surface area contributed by atoms with E-state index >= 15 is 0 Å². The van der Waals surface area contributed by atoms with Crippen LogP contribution in [0.3, 0.4) is 0 Å². The van der Waals surface area contributed by atoms with Crippen molar-refractivity contribution in [2.24, 2.45) is 17.8 Å². The lowest BCUT2D eigenvalue weighted by molar-refractivity contribution is 0.0884. The molecule has 18 heavy (non-hydrogen) atoms. The van der Waals surface area contributed by atoms with Gasteiger partial charge in [-0.3, -0.25) is 4.90 Å². The molecule has 0 spiro atoms. The first-order valence-corrected chi connectivity index (χ1v) is 8.19. The van der Waals surface area contributed by atoms with E-state index in [0.29, 0.717) is 6.04 Å². The number of likely N-dealkylation sites (N-methyl/N-ethyl adjacent to an activating group) is 1. The number of piperidine rings is 1. The molecule has 104 valence electrons. The van der Waals surface area contributed by atoms with Gasteiger partial charge in [-0.2, -0.15) is 0 Å². The zero-order chi connectivity index (χ0) is 12.5. The second-order valence-corrected chi connectivity index (χ2v) is 7.07. The molecule has 3 rings (SSSR count). The van der Waals surface area contributed by atoms with Crippen molar-refractivity contribution >= 4 is 0 Å². The molecule has 1 heterocycles. The van der Waals surface area contributed by atoms with Crippen molar-refractivity contribution in [2.75, 3.05) is 20.1 Å². The lowest BCUT2D eigenvalue weighted by Gasteiger charge is -2.41. The fourth-order valence-corrected chi connectivity index (χ4v) is 4.90. The van der Waals surface area contributed by atoms with E-state index in [9.17, 15) is 0 Å². The van der Waals surface area contributed by atoms with Crippen molar-refractivity contribution in [1.29, 1.82) is 0 Å². The fourth-order valence-electron chi connectivity index (χ4n) is 4.90. The smallest absolute Gasteiger partial charge is 0.0246 e. The van der Waals surface area contributed by atoms with Gasteiger partial charge in [-0.15, -0.1) is 0 Å². The summed E-state index contributed by atoms with van der Waals surface area (Å²) in [4.78, 5) is 2.83. The largest absolute Gasteiger partial charge is 0.316 e. The van der Waals surface area contributed by atoms with E-state index in [2.05, 4.69) is 24.2 Å². The van der Waals surface area contributed by atoms with Gasteiger partial charge in [0.25, 0.3) is 0 Å². The second kappa shape index (κ2) is 5.50. The standard InChI is InChI=1S/C16H30N2/c1-12(17-2)16-5-3-4-8-18(16)11-15-10-13-6-7-14(15)9-13/h12-17H,3-11H2,1-2H3. The van der Waals surface area contributed by atoms with Gasteiger partial charge in [0.15, 0.2) is 0 Å². The van der Waals surface area contributed by atoms with Crippen LogP contribution < -0.4 is 5.32 Å². The first-order valence-electron chi connectivity index (χ1n) is 8.19. The van der Waals surface area contributed by atoms with Gasteiger partial charge in [-0.1, -0.05) is 12.8 Å². The first-order chi connectivity index (χ1) is 8.78. The highest BCUT2D eigenvalue weighted by Gasteiger charge is 2.41. The van der Waals surface area contributed by atoms with Gasteiger partial charge < -0.3 is 5.32 Å². The molecule has 0 aromatic rings. The normalized spacial score (nSPS) is 42.3.